The first-order valence-corrected chi connectivity index (χ1v) is 11.1. The van der Waals surface area contributed by atoms with Gasteiger partial charge in [-0.3, -0.25) is 9.52 Å². The zero-order valence-corrected chi connectivity index (χ0v) is 18.3. The van der Waals surface area contributed by atoms with Crippen molar-refractivity contribution in [3.05, 3.63) is 82.6 Å². The smallest absolute Gasteiger partial charge is 0.262 e. The van der Waals surface area contributed by atoms with Crippen molar-refractivity contribution in [3.8, 4) is 5.75 Å². The van der Waals surface area contributed by atoms with E-state index in [-0.39, 0.29) is 23.1 Å². The molecule has 0 radical (unpaired) electrons. The number of hydrogen-bond donors (Lipinski definition) is 2. The van der Waals surface area contributed by atoms with E-state index in [1.807, 2.05) is 19.1 Å². The maximum absolute atomic E-state index is 13.0. The van der Waals surface area contributed by atoms with Gasteiger partial charge in [0.05, 0.1) is 9.37 Å². The zero-order chi connectivity index (χ0) is 21.7. The molecule has 0 aliphatic heterocycles. The van der Waals surface area contributed by atoms with Gasteiger partial charge in [0.15, 0.2) is 6.61 Å². The summed E-state index contributed by atoms with van der Waals surface area (Å²) < 4.78 is 46.4. The molecule has 3 aromatic carbocycles. The molecule has 3 rings (SSSR count). The maximum atomic E-state index is 13.0. The number of sulfonamides is 1. The van der Waals surface area contributed by atoms with Gasteiger partial charge >= 0.3 is 0 Å². The third-order valence-corrected chi connectivity index (χ3v) is 6.01. The molecule has 0 unspecified atom stereocenters. The Morgan fingerprint density at radius 3 is 2.27 bits per heavy atom. The van der Waals surface area contributed by atoms with Gasteiger partial charge in [-0.05, 0) is 89.1 Å². The van der Waals surface area contributed by atoms with Gasteiger partial charge < -0.3 is 10.1 Å². The van der Waals surface area contributed by atoms with Crippen molar-refractivity contribution >= 4 is 43.2 Å². The minimum absolute atomic E-state index is 0.00431. The standard InChI is InChI=1S/C21H18BrFN2O4S/c1-14-2-11-20(19(22)12-14)29-13-21(26)24-16-7-9-18(10-8-16)30(27,28)25-17-5-3-15(23)4-6-17/h2-12,25H,13H2,1H3,(H,24,26). The molecular weight excluding hydrogens is 475 g/mol. The van der Waals surface area contributed by atoms with Crippen LogP contribution in [0.2, 0.25) is 0 Å². The highest BCUT2D eigenvalue weighted by atomic mass is 79.9. The van der Waals surface area contributed by atoms with E-state index < -0.39 is 15.8 Å². The number of carbonyl (C=O) groups is 1. The van der Waals surface area contributed by atoms with E-state index >= 15 is 0 Å². The molecule has 1 amide bonds. The highest BCUT2D eigenvalue weighted by Crippen LogP contribution is 2.25. The van der Waals surface area contributed by atoms with Crippen LogP contribution in [0, 0.1) is 12.7 Å². The summed E-state index contributed by atoms with van der Waals surface area (Å²) in [6.07, 6.45) is 0. The van der Waals surface area contributed by atoms with E-state index in [0.29, 0.717) is 11.4 Å². The van der Waals surface area contributed by atoms with E-state index in [2.05, 4.69) is 26.0 Å². The Hall–Kier alpha value is -2.91. The number of rotatable bonds is 7. The molecule has 0 spiro atoms. The Labute approximate surface area is 182 Å². The van der Waals surface area contributed by atoms with E-state index in [0.717, 1.165) is 22.2 Å². The first kappa shape index (κ1) is 21.8. The third-order valence-electron chi connectivity index (χ3n) is 3.99. The molecule has 30 heavy (non-hydrogen) atoms. The monoisotopic (exact) mass is 492 g/mol. The van der Waals surface area contributed by atoms with E-state index in [1.165, 1.54) is 36.4 Å². The molecule has 156 valence electrons. The summed E-state index contributed by atoms with van der Waals surface area (Å²) in [6.45, 7) is 1.74. The van der Waals surface area contributed by atoms with Gasteiger partial charge in [0, 0.05) is 11.4 Å². The number of benzene rings is 3. The van der Waals surface area contributed by atoms with Gasteiger partial charge in [0.2, 0.25) is 0 Å². The SMILES string of the molecule is Cc1ccc(OCC(=O)Nc2ccc(S(=O)(=O)Nc3ccc(F)cc3)cc2)c(Br)c1. The molecule has 0 bridgehead atoms. The Morgan fingerprint density at radius 1 is 1.00 bits per heavy atom. The number of amides is 1. The largest absolute Gasteiger partial charge is 0.483 e. The minimum Gasteiger partial charge on any atom is -0.483 e. The van der Waals surface area contributed by atoms with Crippen LogP contribution in [0.25, 0.3) is 0 Å². The summed E-state index contributed by atoms with van der Waals surface area (Å²) in [7, 11) is -3.84. The third kappa shape index (κ3) is 5.80. The lowest BCUT2D eigenvalue weighted by Crippen LogP contribution is -2.20. The summed E-state index contributed by atoms with van der Waals surface area (Å²) in [5, 5.41) is 2.64. The van der Waals surface area contributed by atoms with Gasteiger partial charge in [-0.1, -0.05) is 6.07 Å². The fourth-order valence-electron chi connectivity index (χ4n) is 2.51. The minimum atomic E-state index is -3.84. The second-order valence-corrected chi connectivity index (χ2v) is 8.94. The normalized spacial score (nSPS) is 11.0. The average Bonchev–Trinajstić information content (AvgIpc) is 2.69. The van der Waals surface area contributed by atoms with Gasteiger partial charge in [0.25, 0.3) is 15.9 Å². The van der Waals surface area contributed by atoms with Crippen molar-refractivity contribution in [2.75, 3.05) is 16.6 Å². The van der Waals surface area contributed by atoms with Gasteiger partial charge in [-0.25, -0.2) is 12.8 Å². The van der Waals surface area contributed by atoms with Crippen LogP contribution in [-0.4, -0.2) is 20.9 Å². The number of anilines is 2. The van der Waals surface area contributed by atoms with Crippen LogP contribution in [0.1, 0.15) is 5.56 Å². The molecule has 0 aliphatic rings. The first-order valence-electron chi connectivity index (χ1n) is 8.80. The zero-order valence-electron chi connectivity index (χ0n) is 15.9. The molecule has 0 aromatic heterocycles. The van der Waals surface area contributed by atoms with Crippen LogP contribution in [0.15, 0.2) is 76.1 Å². The summed E-state index contributed by atoms with van der Waals surface area (Å²) in [5.74, 6) is -0.302. The number of hydrogen-bond acceptors (Lipinski definition) is 4. The summed E-state index contributed by atoms with van der Waals surface area (Å²) in [6, 6.07) is 16.2. The molecule has 0 heterocycles. The van der Waals surface area contributed by atoms with Crippen LogP contribution < -0.4 is 14.8 Å². The van der Waals surface area contributed by atoms with Crippen molar-refractivity contribution in [2.24, 2.45) is 0 Å². The fraction of sp³-hybridized carbons (Fsp3) is 0.0952. The van der Waals surface area contributed by atoms with Crippen LogP contribution in [-0.2, 0) is 14.8 Å². The second-order valence-electron chi connectivity index (χ2n) is 6.41. The number of halogens is 2. The Bertz CT molecular complexity index is 1150. The Morgan fingerprint density at radius 2 is 1.63 bits per heavy atom. The average molecular weight is 493 g/mol. The fourth-order valence-corrected chi connectivity index (χ4v) is 4.18. The van der Waals surface area contributed by atoms with Crippen molar-refractivity contribution in [1.29, 1.82) is 0 Å². The molecule has 2 N–H and O–H groups in total. The van der Waals surface area contributed by atoms with Crippen molar-refractivity contribution in [1.82, 2.24) is 0 Å². The summed E-state index contributed by atoms with van der Waals surface area (Å²) >= 11 is 3.38. The first-order chi connectivity index (χ1) is 14.2. The second kappa shape index (κ2) is 9.27. The van der Waals surface area contributed by atoms with Crippen molar-refractivity contribution in [2.45, 2.75) is 11.8 Å². The molecule has 9 heteroatoms. The molecule has 0 fully saturated rings. The lowest BCUT2D eigenvalue weighted by Gasteiger charge is -2.11. The quantitative estimate of drug-likeness (QED) is 0.499. The molecule has 0 aliphatic carbocycles. The van der Waals surface area contributed by atoms with Crippen LogP contribution in [0.5, 0.6) is 5.75 Å². The molecule has 0 atom stereocenters. The Kier molecular flexibility index (Phi) is 6.73. The van der Waals surface area contributed by atoms with E-state index in [4.69, 9.17) is 4.74 Å². The summed E-state index contributed by atoms with van der Waals surface area (Å²) in [4.78, 5) is 12.1. The number of carbonyl (C=O) groups excluding carboxylic acids is 1. The lowest BCUT2D eigenvalue weighted by molar-refractivity contribution is -0.118. The molecule has 0 saturated carbocycles. The van der Waals surface area contributed by atoms with Crippen LogP contribution in [0.3, 0.4) is 0 Å². The molecular formula is C21H18BrFN2O4S. The predicted molar refractivity (Wildman–Crippen MR) is 117 cm³/mol. The van der Waals surface area contributed by atoms with Crippen molar-refractivity contribution < 1.29 is 22.3 Å². The van der Waals surface area contributed by atoms with Crippen molar-refractivity contribution in [3.63, 3.8) is 0 Å². The molecule has 0 saturated heterocycles. The van der Waals surface area contributed by atoms with Gasteiger partial charge in [0.1, 0.15) is 11.6 Å². The lowest BCUT2D eigenvalue weighted by atomic mass is 10.2. The van der Waals surface area contributed by atoms with Crippen LogP contribution in [0.4, 0.5) is 15.8 Å². The Balaban J connectivity index is 1.59. The number of aryl methyl sites for hydroxylation is 1. The molecule has 6 nitrogen and oxygen atoms in total. The van der Waals surface area contributed by atoms with E-state index in [9.17, 15) is 17.6 Å². The summed E-state index contributed by atoms with van der Waals surface area (Å²) in [5.41, 5.74) is 1.73. The molecule has 3 aromatic rings. The number of nitrogens with one attached hydrogen (secondary N) is 2. The maximum Gasteiger partial charge on any atom is 0.262 e. The highest BCUT2D eigenvalue weighted by molar-refractivity contribution is 9.10. The number of ether oxygens (including phenoxy) is 1. The predicted octanol–water partition coefficient (Wildman–Crippen LogP) is 4.71. The van der Waals surface area contributed by atoms with Gasteiger partial charge in [-0.2, -0.15) is 0 Å². The van der Waals surface area contributed by atoms with Crippen LogP contribution >= 0.6 is 15.9 Å². The highest BCUT2D eigenvalue weighted by Gasteiger charge is 2.14. The van der Waals surface area contributed by atoms with E-state index in [1.54, 1.807) is 6.07 Å². The topological polar surface area (TPSA) is 84.5 Å². The van der Waals surface area contributed by atoms with Gasteiger partial charge in [-0.15, -0.1) is 0 Å².